The molecule has 2 aromatic heterocycles. The quantitative estimate of drug-likeness (QED) is 0.272. The van der Waals surface area contributed by atoms with Crippen LogP contribution in [0.2, 0.25) is 0 Å². The molecule has 0 unspecified atom stereocenters. The van der Waals surface area contributed by atoms with E-state index in [1.807, 2.05) is 0 Å². The fourth-order valence-corrected chi connectivity index (χ4v) is 5.62. The highest BCUT2D eigenvalue weighted by Crippen LogP contribution is 2.30. The standard InChI is InChI=1S/C24H22F2N4O5S2/c1-3-10-36(32,33)30-20-9-8-19(25)21(22(20)26)23(31)18-13-29-24-17(18)11-15(12-28-24)14-4-6-16(7-5-14)37(34,35)27-2/h4-9,11-13,27,30H,3,10H2,1-2H3,(H,28,29). The Morgan fingerprint density at radius 1 is 1.03 bits per heavy atom. The number of nitrogens with one attached hydrogen (secondary N) is 3. The molecular weight excluding hydrogens is 526 g/mol. The lowest BCUT2D eigenvalue weighted by Crippen LogP contribution is -2.18. The lowest BCUT2D eigenvalue weighted by Gasteiger charge is -2.11. The second kappa shape index (κ2) is 10.00. The van der Waals surface area contributed by atoms with Crippen LogP contribution in [-0.4, -0.2) is 45.4 Å². The summed E-state index contributed by atoms with van der Waals surface area (Å²) in [5.41, 5.74) is -0.129. The van der Waals surface area contributed by atoms with Gasteiger partial charge in [-0.1, -0.05) is 19.1 Å². The number of aromatic amines is 1. The third-order valence-corrected chi connectivity index (χ3v) is 8.51. The Bertz CT molecular complexity index is 1720. The molecule has 2 heterocycles. The van der Waals surface area contributed by atoms with Gasteiger partial charge in [0.05, 0.1) is 21.9 Å². The summed E-state index contributed by atoms with van der Waals surface area (Å²) < 4.78 is 82.2. The monoisotopic (exact) mass is 548 g/mol. The Morgan fingerprint density at radius 3 is 2.38 bits per heavy atom. The van der Waals surface area contributed by atoms with Crippen molar-refractivity contribution in [1.82, 2.24) is 14.7 Å². The average molecular weight is 549 g/mol. The van der Waals surface area contributed by atoms with Crippen molar-refractivity contribution in [2.75, 3.05) is 17.5 Å². The van der Waals surface area contributed by atoms with Crippen LogP contribution in [0.4, 0.5) is 14.5 Å². The maximum atomic E-state index is 15.2. The Labute approximate surface area is 212 Å². The molecule has 4 aromatic rings. The highest BCUT2D eigenvalue weighted by Gasteiger charge is 2.26. The molecule has 0 saturated carbocycles. The van der Waals surface area contributed by atoms with E-state index in [2.05, 4.69) is 19.4 Å². The van der Waals surface area contributed by atoms with Crippen molar-refractivity contribution in [3.8, 4) is 11.1 Å². The summed E-state index contributed by atoms with van der Waals surface area (Å²) in [5, 5.41) is 0.269. The van der Waals surface area contributed by atoms with E-state index in [4.69, 9.17) is 0 Å². The third-order valence-electron chi connectivity index (χ3n) is 5.60. The van der Waals surface area contributed by atoms with Gasteiger partial charge in [0.1, 0.15) is 11.5 Å². The van der Waals surface area contributed by atoms with Crippen LogP contribution in [0.15, 0.2) is 59.8 Å². The van der Waals surface area contributed by atoms with Crippen molar-refractivity contribution < 1.29 is 30.4 Å². The summed E-state index contributed by atoms with van der Waals surface area (Å²) in [7, 11) is -6.21. The van der Waals surface area contributed by atoms with Gasteiger partial charge in [0, 0.05) is 28.9 Å². The van der Waals surface area contributed by atoms with E-state index >= 15 is 4.39 Å². The molecule has 0 bridgehead atoms. The zero-order valence-corrected chi connectivity index (χ0v) is 21.3. The molecule has 13 heteroatoms. The highest BCUT2D eigenvalue weighted by molar-refractivity contribution is 7.92. The van der Waals surface area contributed by atoms with Crippen molar-refractivity contribution >= 4 is 42.6 Å². The molecule has 194 valence electrons. The molecule has 9 nitrogen and oxygen atoms in total. The van der Waals surface area contributed by atoms with E-state index in [1.165, 1.54) is 31.6 Å². The van der Waals surface area contributed by atoms with E-state index in [1.54, 1.807) is 25.1 Å². The maximum absolute atomic E-state index is 15.2. The molecule has 0 aliphatic heterocycles. The highest BCUT2D eigenvalue weighted by atomic mass is 32.2. The van der Waals surface area contributed by atoms with E-state index < -0.39 is 48.7 Å². The van der Waals surface area contributed by atoms with E-state index in [-0.39, 0.29) is 33.7 Å². The number of hydrogen-bond donors (Lipinski definition) is 3. The number of fused-ring (bicyclic) bond motifs is 1. The third kappa shape index (κ3) is 5.24. The van der Waals surface area contributed by atoms with Gasteiger partial charge in [0.2, 0.25) is 25.8 Å². The number of pyridine rings is 1. The Morgan fingerprint density at radius 2 is 1.73 bits per heavy atom. The fourth-order valence-electron chi connectivity index (χ4n) is 3.75. The van der Waals surface area contributed by atoms with Gasteiger partial charge in [-0.15, -0.1) is 0 Å². The molecule has 0 atom stereocenters. The molecule has 0 radical (unpaired) electrons. The zero-order valence-electron chi connectivity index (χ0n) is 19.7. The molecule has 0 aliphatic carbocycles. The molecule has 2 aromatic carbocycles. The number of carbonyl (C=O) groups is 1. The summed E-state index contributed by atoms with van der Waals surface area (Å²) >= 11 is 0. The molecule has 0 aliphatic rings. The summed E-state index contributed by atoms with van der Waals surface area (Å²) in [5.74, 6) is -3.76. The minimum absolute atomic E-state index is 0.0608. The number of H-pyrrole nitrogens is 1. The molecule has 4 rings (SSSR count). The zero-order chi connectivity index (χ0) is 27.0. The van der Waals surface area contributed by atoms with Gasteiger partial charge in [-0.3, -0.25) is 9.52 Å². The van der Waals surface area contributed by atoms with Crippen molar-refractivity contribution in [3.05, 3.63) is 77.6 Å². The van der Waals surface area contributed by atoms with Gasteiger partial charge < -0.3 is 4.98 Å². The normalized spacial score (nSPS) is 12.1. The topological polar surface area (TPSA) is 138 Å². The van der Waals surface area contributed by atoms with Crippen molar-refractivity contribution in [3.63, 3.8) is 0 Å². The number of sulfonamides is 2. The second-order valence-corrected chi connectivity index (χ2v) is 11.8. The van der Waals surface area contributed by atoms with Crippen LogP contribution < -0.4 is 9.44 Å². The number of nitrogens with zero attached hydrogens (tertiary/aromatic N) is 1. The Balaban J connectivity index is 1.75. The van der Waals surface area contributed by atoms with Crippen LogP contribution in [0.25, 0.3) is 22.2 Å². The second-order valence-electron chi connectivity index (χ2n) is 8.09. The summed E-state index contributed by atoms with van der Waals surface area (Å²) in [4.78, 5) is 20.4. The van der Waals surface area contributed by atoms with Crippen LogP contribution in [0, 0.1) is 11.6 Å². The van der Waals surface area contributed by atoms with Gasteiger partial charge in [0.15, 0.2) is 5.82 Å². The fraction of sp³-hybridized carbons (Fsp3) is 0.167. The van der Waals surface area contributed by atoms with Crippen LogP contribution in [-0.2, 0) is 20.0 Å². The molecule has 0 saturated heterocycles. The number of anilines is 1. The Kier molecular flexibility index (Phi) is 7.13. The Hall–Kier alpha value is -3.68. The smallest absolute Gasteiger partial charge is 0.240 e. The first kappa shape index (κ1) is 26.4. The van der Waals surface area contributed by atoms with Gasteiger partial charge in [-0.05, 0) is 49.4 Å². The molecule has 0 fully saturated rings. The number of hydrogen-bond acceptors (Lipinski definition) is 6. The molecular formula is C24H22F2N4O5S2. The van der Waals surface area contributed by atoms with Gasteiger partial charge in [0.25, 0.3) is 0 Å². The lowest BCUT2D eigenvalue weighted by molar-refractivity contribution is 0.103. The largest absolute Gasteiger partial charge is 0.345 e. The van der Waals surface area contributed by atoms with E-state index in [0.717, 1.165) is 12.1 Å². The molecule has 37 heavy (non-hydrogen) atoms. The number of carbonyl (C=O) groups excluding carboxylic acids is 1. The molecule has 0 amide bonds. The lowest BCUT2D eigenvalue weighted by atomic mass is 10.00. The minimum atomic E-state index is -3.88. The van der Waals surface area contributed by atoms with Crippen molar-refractivity contribution in [2.24, 2.45) is 0 Å². The number of aromatic nitrogens is 2. The number of rotatable bonds is 9. The summed E-state index contributed by atoms with van der Waals surface area (Å²) in [6, 6.07) is 9.26. The summed E-state index contributed by atoms with van der Waals surface area (Å²) in [6.45, 7) is 1.63. The van der Waals surface area contributed by atoms with Crippen molar-refractivity contribution in [2.45, 2.75) is 18.2 Å². The minimum Gasteiger partial charge on any atom is -0.345 e. The molecule has 0 spiro atoms. The van der Waals surface area contributed by atoms with E-state index in [0.29, 0.717) is 11.1 Å². The maximum Gasteiger partial charge on any atom is 0.240 e. The number of benzene rings is 2. The first-order chi connectivity index (χ1) is 17.5. The van der Waals surface area contributed by atoms with Gasteiger partial charge in [-0.25, -0.2) is 35.3 Å². The SMILES string of the molecule is CCCS(=O)(=O)Nc1ccc(F)c(C(=O)c2c[nH]c3ncc(-c4ccc(S(=O)(=O)NC)cc4)cc23)c1F. The number of ketones is 1. The first-order valence-corrected chi connectivity index (χ1v) is 14.1. The van der Waals surface area contributed by atoms with Gasteiger partial charge >= 0.3 is 0 Å². The van der Waals surface area contributed by atoms with Crippen LogP contribution >= 0.6 is 0 Å². The number of halogens is 2. The first-order valence-electron chi connectivity index (χ1n) is 11.0. The van der Waals surface area contributed by atoms with Crippen LogP contribution in [0.5, 0.6) is 0 Å². The predicted octanol–water partition coefficient (Wildman–Crippen LogP) is 3.80. The molecule has 3 N–H and O–H groups in total. The average Bonchev–Trinajstić information content (AvgIpc) is 3.29. The van der Waals surface area contributed by atoms with Crippen LogP contribution in [0.3, 0.4) is 0 Å². The summed E-state index contributed by atoms with van der Waals surface area (Å²) in [6.07, 6.45) is 3.04. The van der Waals surface area contributed by atoms with Crippen LogP contribution in [0.1, 0.15) is 29.3 Å². The van der Waals surface area contributed by atoms with Crippen molar-refractivity contribution in [1.29, 1.82) is 0 Å². The predicted molar refractivity (Wildman–Crippen MR) is 135 cm³/mol. The van der Waals surface area contributed by atoms with E-state index in [9.17, 15) is 26.0 Å². The van der Waals surface area contributed by atoms with Gasteiger partial charge in [-0.2, -0.15) is 0 Å².